The average molecular weight is 321 g/mol. The lowest BCUT2D eigenvalue weighted by atomic mass is 10.1. The highest BCUT2D eigenvalue weighted by Crippen LogP contribution is 2.20. The number of hydrogen-bond donors (Lipinski definition) is 0. The van der Waals surface area contributed by atoms with Crippen LogP contribution in [0.15, 0.2) is 48.9 Å². The van der Waals surface area contributed by atoms with E-state index in [0.717, 1.165) is 29.3 Å². The summed E-state index contributed by atoms with van der Waals surface area (Å²) in [6, 6.07) is 12.8. The molecule has 0 spiro atoms. The first kappa shape index (κ1) is 16.3. The quantitative estimate of drug-likeness (QED) is 0.722. The Hall–Kier alpha value is -2.53. The normalized spacial score (nSPS) is 12.5. The maximum Gasteiger partial charge on any atom is 0.115 e. The monoisotopic (exact) mass is 321 g/mol. The first-order valence-corrected chi connectivity index (χ1v) is 8.13. The molecule has 0 aliphatic rings. The van der Waals surface area contributed by atoms with E-state index in [9.17, 15) is 0 Å². The van der Waals surface area contributed by atoms with Gasteiger partial charge < -0.3 is 0 Å². The summed E-state index contributed by atoms with van der Waals surface area (Å²) in [5, 5.41) is 4.57. The maximum absolute atomic E-state index is 4.57. The summed E-state index contributed by atoms with van der Waals surface area (Å²) < 4.78 is 1.99. The molecular weight excluding hydrogens is 298 g/mol. The van der Waals surface area contributed by atoms with Crippen molar-refractivity contribution in [1.29, 1.82) is 0 Å². The van der Waals surface area contributed by atoms with Gasteiger partial charge >= 0.3 is 0 Å². The highest BCUT2D eigenvalue weighted by molar-refractivity contribution is 5.37. The van der Waals surface area contributed by atoms with Gasteiger partial charge in [-0.25, -0.2) is 14.6 Å². The van der Waals surface area contributed by atoms with E-state index in [1.54, 1.807) is 12.5 Å². The summed E-state index contributed by atoms with van der Waals surface area (Å²) >= 11 is 0. The summed E-state index contributed by atoms with van der Waals surface area (Å²) in [7, 11) is 2.11. The second kappa shape index (κ2) is 6.93. The Labute approximate surface area is 143 Å². The minimum atomic E-state index is 0.227. The molecule has 1 aromatic carbocycles. The van der Waals surface area contributed by atoms with Crippen molar-refractivity contribution in [2.75, 3.05) is 7.05 Å². The molecule has 0 N–H and O–H groups in total. The number of hydrogen-bond acceptors (Lipinski definition) is 4. The molecule has 1 unspecified atom stereocenters. The van der Waals surface area contributed by atoms with Gasteiger partial charge in [0.1, 0.15) is 6.33 Å². The van der Waals surface area contributed by atoms with Crippen LogP contribution in [0.1, 0.15) is 35.6 Å². The minimum Gasteiger partial charge on any atom is -0.294 e. The van der Waals surface area contributed by atoms with Gasteiger partial charge in [-0.2, -0.15) is 5.10 Å². The number of aryl methyl sites for hydroxylation is 2. The fourth-order valence-corrected chi connectivity index (χ4v) is 2.88. The summed E-state index contributed by atoms with van der Waals surface area (Å²) in [5.41, 5.74) is 5.56. The van der Waals surface area contributed by atoms with Crippen LogP contribution in [0.5, 0.6) is 0 Å². The lowest BCUT2D eigenvalue weighted by Gasteiger charge is -2.24. The van der Waals surface area contributed by atoms with Gasteiger partial charge in [0.05, 0.1) is 17.1 Å². The smallest absolute Gasteiger partial charge is 0.115 e. The molecule has 124 valence electrons. The Morgan fingerprint density at radius 3 is 2.67 bits per heavy atom. The topological polar surface area (TPSA) is 46.8 Å². The van der Waals surface area contributed by atoms with E-state index in [0.29, 0.717) is 0 Å². The van der Waals surface area contributed by atoms with Crippen LogP contribution in [0.2, 0.25) is 0 Å². The standard InChI is InChI=1S/C19H23N5/c1-14-10-15(2)24(22-14)18-7-5-6-17(11-18)12-23(4)16(3)19-8-9-20-13-21-19/h5-11,13,16H,12H2,1-4H3. The molecule has 0 aliphatic carbocycles. The van der Waals surface area contributed by atoms with E-state index in [-0.39, 0.29) is 6.04 Å². The molecular formula is C19H23N5. The van der Waals surface area contributed by atoms with E-state index in [1.165, 1.54) is 5.56 Å². The van der Waals surface area contributed by atoms with Crippen molar-refractivity contribution in [2.45, 2.75) is 33.4 Å². The average Bonchev–Trinajstić information content (AvgIpc) is 2.93. The van der Waals surface area contributed by atoms with Crippen LogP contribution in [0.3, 0.4) is 0 Å². The SMILES string of the molecule is Cc1cc(C)n(-c2cccc(CN(C)C(C)c3ccncn3)c2)n1. The molecule has 0 bridgehead atoms. The molecule has 0 fully saturated rings. The van der Waals surface area contributed by atoms with Crippen LogP contribution >= 0.6 is 0 Å². The molecule has 0 amide bonds. The Morgan fingerprint density at radius 1 is 1.17 bits per heavy atom. The van der Waals surface area contributed by atoms with Crippen LogP contribution < -0.4 is 0 Å². The first-order chi connectivity index (χ1) is 11.5. The Kier molecular flexibility index (Phi) is 4.71. The molecule has 2 aromatic heterocycles. The van der Waals surface area contributed by atoms with Crippen molar-refractivity contribution < 1.29 is 0 Å². The van der Waals surface area contributed by atoms with E-state index in [1.807, 2.05) is 17.7 Å². The van der Waals surface area contributed by atoms with Crippen LogP contribution in [-0.2, 0) is 6.54 Å². The largest absolute Gasteiger partial charge is 0.294 e. The second-order valence-electron chi connectivity index (χ2n) is 6.23. The molecule has 5 nitrogen and oxygen atoms in total. The predicted molar refractivity (Wildman–Crippen MR) is 95.0 cm³/mol. The highest BCUT2D eigenvalue weighted by atomic mass is 15.3. The molecule has 0 radical (unpaired) electrons. The third-order valence-corrected chi connectivity index (χ3v) is 4.29. The molecule has 3 aromatic rings. The minimum absolute atomic E-state index is 0.227. The Balaban J connectivity index is 1.78. The fraction of sp³-hybridized carbons (Fsp3) is 0.316. The van der Waals surface area contributed by atoms with Gasteiger partial charge in [-0.05, 0) is 57.6 Å². The van der Waals surface area contributed by atoms with E-state index < -0.39 is 0 Å². The van der Waals surface area contributed by atoms with Gasteiger partial charge in [-0.15, -0.1) is 0 Å². The van der Waals surface area contributed by atoms with Crippen molar-refractivity contribution in [3.63, 3.8) is 0 Å². The van der Waals surface area contributed by atoms with Gasteiger partial charge in [-0.3, -0.25) is 4.90 Å². The third kappa shape index (κ3) is 3.51. The van der Waals surface area contributed by atoms with Gasteiger partial charge in [0, 0.05) is 24.5 Å². The number of rotatable bonds is 5. The summed E-state index contributed by atoms with van der Waals surface area (Å²) in [5.74, 6) is 0. The molecule has 3 rings (SSSR count). The summed E-state index contributed by atoms with van der Waals surface area (Å²) in [6.45, 7) is 7.10. The second-order valence-corrected chi connectivity index (χ2v) is 6.23. The van der Waals surface area contributed by atoms with Crippen molar-refractivity contribution in [3.8, 4) is 5.69 Å². The highest BCUT2D eigenvalue weighted by Gasteiger charge is 2.13. The molecule has 1 atom stereocenters. The van der Waals surface area contributed by atoms with E-state index in [4.69, 9.17) is 0 Å². The molecule has 0 saturated carbocycles. The van der Waals surface area contributed by atoms with Gasteiger partial charge in [-0.1, -0.05) is 12.1 Å². The van der Waals surface area contributed by atoms with Gasteiger partial charge in [0.2, 0.25) is 0 Å². The van der Waals surface area contributed by atoms with Gasteiger partial charge in [0.25, 0.3) is 0 Å². The summed E-state index contributed by atoms with van der Waals surface area (Å²) in [6.07, 6.45) is 3.39. The lowest BCUT2D eigenvalue weighted by Crippen LogP contribution is -2.22. The third-order valence-electron chi connectivity index (χ3n) is 4.29. The molecule has 0 saturated heterocycles. The van der Waals surface area contributed by atoms with Crippen molar-refractivity contribution in [2.24, 2.45) is 0 Å². The number of aromatic nitrogens is 4. The number of benzene rings is 1. The van der Waals surface area contributed by atoms with Crippen LogP contribution in [0, 0.1) is 13.8 Å². The van der Waals surface area contributed by atoms with E-state index in [2.05, 4.69) is 71.2 Å². The predicted octanol–water partition coefficient (Wildman–Crippen LogP) is 3.47. The lowest BCUT2D eigenvalue weighted by molar-refractivity contribution is 0.248. The summed E-state index contributed by atoms with van der Waals surface area (Å²) in [4.78, 5) is 10.6. The molecule has 5 heteroatoms. The molecule has 24 heavy (non-hydrogen) atoms. The molecule has 0 aliphatic heterocycles. The zero-order valence-electron chi connectivity index (χ0n) is 14.6. The Morgan fingerprint density at radius 2 is 2.00 bits per heavy atom. The Bertz CT molecular complexity index is 810. The first-order valence-electron chi connectivity index (χ1n) is 8.13. The van der Waals surface area contributed by atoms with Crippen molar-refractivity contribution in [1.82, 2.24) is 24.6 Å². The van der Waals surface area contributed by atoms with Gasteiger partial charge in [0.15, 0.2) is 0 Å². The fourth-order valence-electron chi connectivity index (χ4n) is 2.88. The zero-order valence-corrected chi connectivity index (χ0v) is 14.6. The van der Waals surface area contributed by atoms with Crippen LogP contribution in [0.25, 0.3) is 5.69 Å². The van der Waals surface area contributed by atoms with Crippen molar-refractivity contribution in [3.05, 3.63) is 71.6 Å². The van der Waals surface area contributed by atoms with Crippen molar-refractivity contribution >= 4 is 0 Å². The van der Waals surface area contributed by atoms with E-state index >= 15 is 0 Å². The number of nitrogens with zero attached hydrogens (tertiary/aromatic N) is 5. The maximum atomic E-state index is 4.57. The van der Waals surface area contributed by atoms with Crippen LogP contribution in [-0.4, -0.2) is 31.7 Å². The van der Waals surface area contributed by atoms with Crippen LogP contribution in [0.4, 0.5) is 0 Å². The zero-order chi connectivity index (χ0) is 17.1. The molecule has 2 heterocycles.